The quantitative estimate of drug-likeness (QED) is 0.701. The van der Waals surface area contributed by atoms with E-state index in [0.29, 0.717) is 0 Å². The highest BCUT2D eigenvalue weighted by molar-refractivity contribution is 9.08. The molecule has 2 aliphatic rings. The average Bonchev–Trinajstić information content (AvgIpc) is 2.38. The van der Waals surface area contributed by atoms with Gasteiger partial charge in [0, 0.05) is 29.1 Å². The molecule has 1 saturated carbocycles. The molecule has 0 radical (unpaired) electrons. The summed E-state index contributed by atoms with van der Waals surface area (Å²) in [5.74, 6) is 1.82. The molecule has 3 rings (SSSR count). The smallest absolute Gasteiger partial charge is 0.0467 e. The van der Waals surface area contributed by atoms with Crippen molar-refractivity contribution in [3.05, 3.63) is 28.8 Å². The van der Waals surface area contributed by atoms with Gasteiger partial charge in [-0.15, -0.1) is 0 Å². The van der Waals surface area contributed by atoms with Crippen LogP contribution in [0.15, 0.2) is 18.2 Å². The van der Waals surface area contributed by atoms with E-state index in [1.807, 2.05) is 0 Å². The second-order valence-electron chi connectivity index (χ2n) is 5.71. The Kier molecular flexibility index (Phi) is 3.86. The molecule has 2 fully saturated rings. The number of halogens is 2. The first kappa shape index (κ1) is 12.8. The molecule has 0 N–H and O–H groups in total. The molecule has 0 amide bonds. The SMILES string of the molecule is Clc1cc(N2CC3CCCC(C3)C2)ccc1CBr. The highest BCUT2D eigenvalue weighted by Gasteiger charge is 2.30. The van der Waals surface area contributed by atoms with Gasteiger partial charge in [-0.05, 0) is 48.8 Å². The van der Waals surface area contributed by atoms with E-state index in [0.717, 1.165) is 22.2 Å². The number of anilines is 1. The van der Waals surface area contributed by atoms with Crippen LogP contribution in [0.25, 0.3) is 0 Å². The van der Waals surface area contributed by atoms with Crippen LogP contribution in [-0.4, -0.2) is 13.1 Å². The zero-order chi connectivity index (χ0) is 12.5. The Labute approximate surface area is 123 Å². The molecule has 2 unspecified atom stereocenters. The summed E-state index contributed by atoms with van der Waals surface area (Å²) in [6, 6.07) is 6.51. The van der Waals surface area contributed by atoms with Gasteiger partial charge in [0.2, 0.25) is 0 Å². The van der Waals surface area contributed by atoms with Gasteiger partial charge >= 0.3 is 0 Å². The zero-order valence-electron chi connectivity index (χ0n) is 10.5. The zero-order valence-corrected chi connectivity index (χ0v) is 12.9. The molecule has 1 saturated heterocycles. The van der Waals surface area contributed by atoms with E-state index in [9.17, 15) is 0 Å². The normalized spacial score (nSPS) is 27.3. The molecule has 1 aromatic rings. The Morgan fingerprint density at radius 2 is 1.94 bits per heavy atom. The van der Waals surface area contributed by atoms with Crippen LogP contribution in [0.3, 0.4) is 0 Å². The summed E-state index contributed by atoms with van der Waals surface area (Å²) in [6.07, 6.45) is 5.72. The Balaban J connectivity index is 1.80. The summed E-state index contributed by atoms with van der Waals surface area (Å²) >= 11 is 9.78. The van der Waals surface area contributed by atoms with Crippen molar-refractivity contribution < 1.29 is 0 Å². The third kappa shape index (κ3) is 2.55. The topological polar surface area (TPSA) is 3.24 Å². The van der Waals surface area contributed by atoms with Gasteiger partial charge in [0.05, 0.1) is 0 Å². The van der Waals surface area contributed by atoms with E-state index < -0.39 is 0 Å². The first-order chi connectivity index (χ1) is 8.76. The van der Waals surface area contributed by atoms with Gasteiger partial charge in [0.1, 0.15) is 0 Å². The number of nitrogens with zero attached hydrogens (tertiary/aromatic N) is 1. The molecule has 3 heteroatoms. The van der Waals surface area contributed by atoms with E-state index in [-0.39, 0.29) is 0 Å². The number of rotatable bonds is 2. The average molecular weight is 329 g/mol. The second kappa shape index (κ2) is 5.42. The molecule has 2 bridgehead atoms. The van der Waals surface area contributed by atoms with Crippen LogP contribution >= 0.6 is 27.5 Å². The van der Waals surface area contributed by atoms with Gasteiger partial charge in [0.25, 0.3) is 0 Å². The highest BCUT2D eigenvalue weighted by Crippen LogP contribution is 2.37. The van der Waals surface area contributed by atoms with Crippen molar-refractivity contribution in [2.75, 3.05) is 18.0 Å². The fourth-order valence-electron chi connectivity index (χ4n) is 3.48. The second-order valence-corrected chi connectivity index (χ2v) is 6.68. The minimum atomic E-state index is 0.831. The Morgan fingerprint density at radius 1 is 1.22 bits per heavy atom. The monoisotopic (exact) mass is 327 g/mol. The Morgan fingerprint density at radius 3 is 2.56 bits per heavy atom. The first-order valence-corrected chi connectivity index (χ1v) is 8.35. The maximum absolute atomic E-state index is 6.31. The van der Waals surface area contributed by atoms with Gasteiger partial charge < -0.3 is 4.90 Å². The largest absolute Gasteiger partial charge is 0.371 e. The van der Waals surface area contributed by atoms with Gasteiger partial charge in [0.15, 0.2) is 0 Å². The highest BCUT2D eigenvalue weighted by atomic mass is 79.9. The van der Waals surface area contributed by atoms with E-state index in [1.54, 1.807) is 0 Å². The van der Waals surface area contributed by atoms with Crippen molar-refractivity contribution in [2.24, 2.45) is 11.8 Å². The lowest BCUT2D eigenvalue weighted by molar-refractivity contribution is 0.231. The predicted octanol–water partition coefficient (Wildman–Crippen LogP) is 4.86. The predicted molar refractivity (Wildman–Crippen MR) is 81.7 cm³/mol. The molecule has 1 aliphatic carbocycles. The molecular formula is C15H19BrClN. The molecular weight excluding hydrogens is 310 g/mol. The maximum Gasteiger partial charge on any atom is 0.0467 e. The van der Waals surface area contributed by atoms with E-state index in [1.165, 1.54) is 50.0 Å². The lowest BCUT2D eigenvalue weighted by Crippen LogP contribution is -2.42. The number of alkyl halides is 1. The molecule has 0 aromatic heterocycles. The molecule has 1 aromatic carbocycles. The molecule has 0 spiro atoms. The minimum Gasteiger partial charge on any atom is -0.371 e. The summed E-state index contributed by atoms with van der Waals surface area (Å²) < 4.78 is 0. The third-order valence-electron chi connectivity index (χ3n) is 4.39. The van der Waals surface area contributed by atoms with E-state index >= 15 is 0 Å². The lowest BCUT2D eigenvalue weighted by Gasteiger charge is -2.42. The summed E-state index contributed by atoms with van der Waals surface area (Å²) in [7, 11) is 0. The molecule has 18 heavy (non-hydrogen) atoms. The minimum absolute atomic E-state index is 0.831. The van der Waals surface area contributed by atoms with Gasteiger partial charge in [-0.1, -0.05) is 40.0 Å². The first-order valence-electron chi connectivity index (χ1n) is 6.85. The van der Waals surface area contributed by atoms with Crippen LogP contribution in [-0.2, 0) is 5.33 Å². The van der Waals surface area contributed by atoms with Crippen molar-refractivity contribution in [1.29, 1.82) is 0 Å². The van der Waals surface area contributed by atoms with Crippen LogP contribution in [0.1, 0.15) is 31.2 Å². The van der Waals surface area contributed by atoms with Gasteiger partial charge in [-0.2, -0.15) is 0 Å². The van der Waals surface area contributed by atoms with Crippen LogP contribution < -0.4 is 4.90 Å². The van der Waals surface area contributed by atoms with Crippen LogP contribution in [0.4, 0.5) is 5.69 Å². The van der Waals surface area contributed by atoms with E-state index in [4.69, 9.17) is 11.6 Å². The number of fused-ring (bicyclic) bond motifs is 2. The number of hydrogen-bond donors (Lipinski definition) is 0. The summed E-state index contributed by atoms with van der Waals surface area (Å²) in [5.41, 5.74) is 2.49. The van der Waals surface area contributed by atoms with Crippen molar-refractivity contribution in [1.82, 2.24) is 0 Å². The van der Waals surface area contributed by atoms with Crippen LogP contribution in [0, 0.1) is 11.8 Å². The Hall–Kier alpha value is -0.210. The summed E-state index contributed by atoms with van der Waals surface area (Å²) in [4.78, 5) is 2.54. The molecule has 98 valence electrons. The number of benzene rings is 1. The van der Waals surface area contributed by atoms with Crippen molar-refractivity contribution >= 4 is 33.2 Å². The lowest BCUT2D eigenvalue weighted by atomic mass is 9.78. The van der Waals surface area contributed by atoms with Crippen LogP contribution in [0.5, 0.6) is 0 Å². The van der Waals surface area contributed by atoms with Gasteiger partial charge in [-0.25, -0.2) is 0 Å². The van der Waals surface area contributed by atoms with Crippen molar-refractivity contribution in [3.8, 4) is 0 Å². The van der Waals surface area contributed by atoms with Crippen molar-refractivity contribution in [2.45, 2.75) is 31.0 Å². The summed E-state index contributed by atoms with van der Waals surface area (Å²) in [6.45, 7) is 2.45. The number of piperidine rings is 1. The Bertz CT molecular complexity index is 423. The van der Waals surface area contributed by atoms with Gasteiger partial charge in [-0.3, -0.25) is 0 Å². The number of hydrogen-bond acceptors (Lipinski definition) is 1. The third-order valence-corrected chi connectivity index (χ3v) is 5.35. The fourth-order valence-corrected chi connectivity index (χ4v) is 4.38. The maximum atomic E-state index is 6.31. The van der Waals surface area contributed by atoms with E-state index in [2.05, 4.69) is 39.0 Å². The van der Waals surface area contributed by atoms with Crippen LogP contribution in [0.2, 0.25) is 5.02 Å². The molecule has 1 nitrogen and oxygen atoms in total. The standard InChI is InChI=1S/C15H19BrClN/c16-8-13-4-5-14(7-15(13)17)18-9-11-2-1-3-12(6-11)10-18/h4-5,7,11-12H,1-3,6,8-10H2. The molecule has 1 aliphatic heterocycles. The molecule has 2 atom stereocenters. The summed E-state index contributed by atoms with van der Waals surface area (Å²) in [5, 5.41) is 1.72. The molecule has 1 heterocycles. The fraction of sp³-hybridized carbons (Fsp3) is 0.600. The van der Waals surface area contributed by atoms with Crippen molar-refractivity contribution in [3.63, 3.8) is 0 Å².